The maximum atomic E-state index is 12.6. The maximum Gasteiger partial charge on any atom is 0.325 e. The fraction of sp³-hybridized carbons (Fsp3) is 0.667. The Bertz CT molecular complexity index is 643. The third-order valence-electron chi connectivity index (χ3n) is 2.88. The molecule has 120 valence electrons. The summed E-state index contributed by atoms with van der Waals surface area (Å²) in [4.78, 5) is 10.7. The molecule has 1 aromatic rings. The number of carboxylic acid groups (broad SMARTS) is 1. The Balaban J connectivity index is 3.26. The Kier molecular flexibility index (Phi) is 4.81. The molecule has 2 N–H and O–H groups in total. The smallest absolute Gasteiger partial charge is 0.325 e. The van der Waals surface area contributed by atoms with Crippen molar-refractivity contribution in [3.8, 4) is 0 Å². The Hall–Kier alpha value is -1.45. The van der Waals surface area contributed by atoms with Crippen molar-refractivity contribution >= 4 is 16.0 Å². The number of aliphatic hydroxyl groups is 1. The molecule has 0 unspecified atom stereocenters. The lowest BCUT2D eigenvalue weighted by Gasteiger charge is -2.25. The van der Waals surface area contributed by atoms with Crippen LogP contribution in [0.25, 0.3) is 0 Å². The number of carboxylic acids is 1. The Morgan fingerprint density at radius 2 is 1.90 bits per heavy atom. The zero-order valence-electron chi connectivity index (χ0n) is 12.8. The molecule has 21 heavy (non-hydrogen) atoms. The van der Waals surface area contributed by atoms with E-state index in [9.17, 15) is 18.3 Å². The summed E-state index contributed by atoms with van der Waals surface area (Å²) in [6.45, 7) is 5.54. The van der Waals surface area contributed by atoms with E-state index in [0.29, 0.717) is 0 Å². The highest BCUT2D eigenvalue weighted by Gasteiger charge is 2.31. The summed E-state index contributed by atoms with van der Waals surface area (Å²) >= 11 is 0. The van der Waals surface area contributed by atoms with Crippen molar-refractivity contribution in [3.63, 3.8) is 0 Å². The summed E-state index contributed by atoms with van der Waals surface area (Å²) in [7, 11) is -2.49. The van der Waals surface area contributed by atoms with E-state index < -0.39 is 28.1 Å². The Morgan fingerprint density at radius 3 is 2.33 bits per heavy atom. The highest BCUT2D eigenvalue weighted by Crippen LogP contribution is 2.23. The van der Waals surface area contributed by atoms with E-state index in [1.165, 1.54) is 34.7 Å². The van der Waals surface area contributed by atoms with Crippen LogP contribution in [0.3, 0.4) is 0 Å². The van der Waals surface area contributed by atoms with Crippen LogP contribution in [0.5, 0.6) is 0 Å². The van der Waals surface area contributed by atoms with Gasteiger partial charge in [-0.2, -0.15) is 9.40 Å². The normalized spacial score (nSPS) is 12.9. The zero-order chi connectivity index (χ0) is 16.6. The molecule has 0 saturated carbocycles. The first kappa shape index (κ1) is 17.6. The van der Waals surface area contributed by atoms with Crippen molar-refractivity contribution in [1.82, 2.24) is 14.1 Å². The molecule has 0 aromatic carbocycles. The second-order valence-corrected chi connectivity index (χ2v) is 7.61. The van der Waals surface area contributed by atoms with Crippen LogP contribution in [0.1, 0.15) is 25.2 Å². The van der Waals surface area contributed by atoms with Crippen LogP contribution < -0.4 is 0 Å². The molecule has 0 radical (unpaired) electrons. The lowest BCUT2D eigenvalue weighted by Crippen LogP contribution is -2.40. The average molecular weight is 319 g/mol. The molecule has 0 aliphatic carbocycles. The molecule has 0 atom stereocenters. The third kappa shape index (κ3) is 4.02. The number of nitrogens with zero attached hydrogens (tertiary/aromatic N) is 3. The number of hydrogen-bond donors (Lipinski definition) is 2. The molecule has 0 bridgehead atoms. The van der Waals surface area contributed by atoms with E-state index in [-0.39, 0.29) is 22.8 Å². The molecule has 0 spiro atoms. The molecule has 0 saturated heterocycles. The minimum atomic E-state index is -3.85. The molecular formula is C12H21N3O5S. The number of hydrogen-bond acceptors (Lipinski definition) is 5. The standard InChI is InChI=1S/C12H21N3O5S/c1-8-11(9(2)15(13-8)6-10(16)17)21(19,20)14(5)7-12(3,4)18/h18H,6-7H2,1-5H3,(H,16,17). The van der Waals surface area contributed by atoms with Crippen molar-refractivity contribution in [2.45, 2.75) is 44.7 Å². The summed E-state index contributed by atoms with van der Waals surface area (Å²) in [5.41, 5.74) is -0.686. The SMILES string of the molecule is Cc1nn(CC(=O)O)c(C)c1S(=O)(=O)N(C)CC(C)(C)O. The minimum absolute atomic E-state index is 0.0181. The first-order valence-corrected chi connectivity index (χ1v) is 7.75. The van der Waals surface area contributed by atoms with Crippen LogP contribution in [0.15, 0.2) is 4.90 Å². The predicted octanol–water partition coefficient (Wildman–Crippen LogP) is -0.0241. The van der Waals surface area contributed by atoms with Gasteiger partial charge in [-0.3, -0.25) is 9.48 Å². The summed E-state index contributed by atoms with van der Waals surface area (Å²) in [6, 6.07) is 0. The fourth-order valence-corrected chi connectivity index (χ4v) is 3.81. The topological polar surface area (TPSA) is 113 Å². The van der Waals surface area contributed by atoms with E-state index >= 15 is 0 Å². The number of rotatable bonds is 6. The van der Waals surface area contributed by atoms with Crippen molar-refractivity contribution in [1.29, 1.82) is 0 Å². The predicted molar refractivity (Wildman–Crippen MR) is 75.5 cm³/mol. The van der Waals surface area contributed by atoms with Gasteiger partial charge >= 0.3 is 5.97 Å². The largest absolute Gasteiger partial charge is 0.480 e. The van der Waals surface area contributed by atoms with Crippen LogP contribution in [0.4, 0.5) is 0 Å². The van der Waals surface area contributed by atoms with Crippen LogP contribution in [0, 0.1) is 13.8 Å². The van der Waals surface area contributed by atoms with Gasteiger partial charge in [0, 0.05) is 13.6 Å². The molecule has 0 aliphatic rings. The van der Waals surface area contributed by atoms with E-state index in [4.69, 9.17) is 5.11 Å². The van der Waals surface area contributed by atoms with Gasteiger partial charge in [-0.15, -0.1) is 0 Å². The number of carbonyl (C=O) groups is 1. The lowest BCUT2D eigenvalue weighted by atomic mass is 10.1. The summed E-state index contributed by atoms with van der Waals surface area (Å²) in [5, 5.41) is 22.5. The first-order valence-electron chi connectivity index (χ1n) is 6.31. The monoisotopic (exact) mass is 319 g/mol. The fourth-order valence-electron chi connectivity index (χ4n) is 2.12. The quantitative estimate of drug-likeness (QED) is 0.761. The second-order valence-electron chi connectivity index (χ2n) is 5.62. The molecule has 1 heterocycles. The number of sulfonamides is 1. The van der Waals surface area contributed by atoms with Gasteiger partial charge < -0.3 is 10.2 Å². The van der Waals surface area contributed by atoms with Crippen LogP contribution >= 0.6 is 0 Å². The van der Waals surface area contributed by atoms with E-state index in [2.05, 4.69) is 5.10 Å². The van der Waals surface area contributed by atoms with Crippen LogP contribution in [-0.2, 0) is 21.4 Å². The van der Waals surface area contributed by atoms with Gasteiger partial charge in [0.25, 0.3) is 0 Å². The Labute approximate surface area is 124 Å². The second kappa shape index (κ2) is 5.74. The van der Waals surface area contributed by atoms with Gasteiger partial charge in [0.2, 0.25) is 10.0 Å². The molecule has 1 rings (SSSR count). The third-order valence-corrected chi connectivity index (χ3v) is 4.93. The molecule has 0 aliphatic heterocycles. The summed E-state index contributed by atoms with van der Waals surface area (Å²) < 4.78 is 27.3. The number of likely N-dealkylation sites (N-methyl/N-ethyl adjacent to an activating group) is 1. The summed E-state index contributed by atoms with van der Waals surface area (Å²) in [5.74, 6) is -1.10. The van der Waals surface area contributed by atoms with Gasteiger partial charge in [-0.25, -0.2) is 8.42 Å². The Morgan fingerprint density at radius 1 is 1.38 bits per heavy atom. The highest BCUT2D eigenvalue weighted by atomic mass is 32.2. The molecular weight excluding hydrogens is 298 g/mol. The molecule has 8 nitrogen and oxygen atoms in total. The maximum absolute atomic E-state index is 12.6. The minimum Gasteiger partial charge on any atom is -0.480 e. The van der Waals surface area contributed by atoms with Gasteiger partial charge in [-0.1, -0.05) is 0 Å². The van der Waals surface area contributed by atoms with Crippen molar-refractivity contribution < 1.29 is 23.4 Å². The number of aromatic nitrogens is 2. The number of aliphatic carboxylic acids is 1. The van der Waals surface area contributed by atoms with Crippen LogP contribution in [-0.4, -0.2) is 57.9 Å². The van der Waals surface area contributed by atoms with E-state index in [0.717, 1.165) is 8.99 Å². The lowest BCUT2D eigenvalue weighted by molar-refractivity contribution is -0.137. The molecule has 0 fully saturated rings. The molecule has 9 heteroatoms. The molecule has 0 amide bonds. The molecule has 1 aromatic heterocycles. The van der Waals surface area contributed by atoms with Crippen molar-refractivity contribution in [3.05, 3.63) is 11.4 Å². The van der Waals surface area contributed by atoms with Crippen molar-refractivity contribution in [2.24, 2.45) is 0 Å². The average Bonchev–Trinajstić information content (AvgIpc) is 2.50. The van der Waals surface area contributed by atoms with Crippen molar-refractivity contribution in [2.75, 3.05) is 13.6 Å². The highest BCUT2D eigenvalue weighted by molar-refractivity contribution is 7.89. The number of aryl methyl sites for hydroxylation is 1. The zero-order valence-corrected chi connectivity index (χ0v) is 13.6. The van der Waals surface area contributed by atoms with Gasteiger partial charge in [0.15, 0.2) is 0 Å². The first-order chi connectivity index (χ1) is 9.36. The van der Waals surface area contributed by atoms with Gasteiger partial charge in [-0.05, 0) is 27.7 Å². The van der Waals surface area contributed by atoms with E-state index in [1.54, 1.807) is 0 Å². The van der Waals surface area contributed by atoms with Gasteiger partial charge in [0.1, 0.15) is 11.4 Å². The van der Waals surface area contributed by atoms with E-state index in [1.807, 2.05) is 0 Å². The van der Waals surface area contributed by atoms with Crippen LogP contribution in [0.2, 0.25) is 0 Å². The summed E-state index contributed by atoms with van der Waals surface area (Å²) in [6.07, 6.45) is 0. The van der Waals surface area contributed by atoms with Gasteiger partial charge in [0.05, 0.1) is 17.0 Å².